The number of nitrogens with one attached hydrogen (secondary N) is 1. The SMILES string of the molecule is COc1cccc(CNC(=O)[C@H]2c3ccccc3C(=O)N3CCc4cc(OC)c(OC)cc4[C@@H]23)c1. The van der Waals surface area contributed by atoms with E-state index in [0.29, 0.717) is 36.6 Å². The molecule has 0 spiro atoms. The second-order valence-corrected chi connectivity index (χ2v) is 8.73. The Morgan fingerprint density at radius 1 is 0.943 bits per heavy atom. The normalized spacial score (nSPS) is 18.1. The molecule has 3 aromatic carbocycles. The van der Waals surface area contributed by atoms with Crippen LogP contribution in [0.1, 0.15) is 44.6 Å². The van der Waals surface area contributed by atoms with Gasteiger partial charge in [-0.15, -0.1) is 0 Å². The maximum atomic E-state index is 13.8. The fourth-order valence-corrected chi connectivity index (χ4v) is 5.22. The number of carbonyl (C=O) groups excluding carboxylic acids is 2. The summed E-state index contributed by atoms with van der Waals surface area (Å²) in [5, 5.41) is 3.10. The van der Waals surface area contributed by atoms with Crippen molar-refractivity contribution >= 4 is 11.8 Å². The minimum absolute atomic E-state index is 0.0529. The first-order valence-electron chi connectivity index (χ1n) is 11.6. The summed E-state index contributed by atoms with van der Waals surface area (Å²) in [7, 11) is 4.81. The molecule has 7 heteroatoms. The molecule has 3 aromatic rings. The van der Waals surface area contributed by atoms with Crippen LogP contribution in [0.2, 0.25) is 0 Å². The largest absolute Gasteiger partial charge is 0.497 e. The van der Waals surface area contributed by atoms with Gasteiger partial charge in [0.15, 0.2) is 11.5 Å². The molecule has 0 radical (unpaired) electrons. The molecule has 5 rings (SSSR count). The van der Waals surface area contributed by atoms with Crippen molar-refractivity contribution in [2.45, 2.75) is 24.9 Å². The molecule has 1 N–H and O–H groups in total. The van der Waals surface area contributed by atoms with Crippen LogP contribution in [0.15, 0.2) is 60.7 Å². The number of rotatable bonds is 6. The van der Waals surface area contributed by atoms with E-state index in [-0.39, 0.29) is 11.8 Å². The van der Waals surface area contributed by atoms with Crippen LogP contribution < -0.4 is 19.5 Å². The third-order valence-corrected chi connectivity index (χ3v) is 6.91. The van der Waals surface area contributed by atoms with Gasteiger partial charge in [-0.2, -0.15) is 0 Å². The minimum Gasteiger partial charge on any atom is -0.497 e. The van der Waals surface area contributed by atoms with Crippen LogP contribution >= 0.6 is 0 Å². The van der Waals surface area contributed by atoms with E-state index in [1.165, 1.54) is 0 Å². The number of benzene rings is 3. The first-order chi connectivity index (χ1) is 17.0. The molecule has 0 fully saturated rings. The van der Waals surface area contributed by atoms with E-state index in [1.54, 1.807) is 27.4 Å². The summed E-state index contributed by atoms with van der Waals surface area (Å²) in [4.78, 5) is 29.1. The van der Waals surface area contributed by atoms with Crippen LogP contribution in [-0.4, -0.2) is 44.6 Å². The first-order valence-corrected chi connectivity index (χ1v) is 11.6. The van der Waals surface area contributed by atoms with E-state index in [4.69, 9.17) is 14.2 Å². The third kappa shape index (κ3) is 3.97. The number of methoxy groups -OCH3 is 3. The number of hydrogen-bond donors (Lipinski definition) is 1. The van der Waals surface area contributed by atoms with Gasteiger partial charge in [-0.25, -0.2) is 0 Å². The summed E-state index contributed by atoms with van der Waals surface area (Å²) in [6.07, 6.45) is 0.679. The molecular formula is C28H28N2O5. The predicted molar refractivity (Wildman–Crippen MR) is 131 cm³/mol. The predicted octanol–water partition coefficient (Wildman–Crippen LogP) is 3.87. The molecule has 180 valence electrons. The highest BCUT2D eigenvalue weighted by atomic mass is 16.5. The van der Waals surface area contributed by atoms with Crippen LogP contribution in [0.4, 0.5) is 0 Å². The van der Waals surface area contributed by atoms with Gasteiger partial charge in [0.25, 0.3) is 5.91 Å². The number of fused-ring (bicyclic) bond motifs is 4. The van der Waals surface area contributed by atoms with Gasteiger partial charge in [-0.3, -0.25) is 9.59 Å². The van der Waals surface area contributed by atoms with Crippen molar-refractivity contribution in [2.24, 2.45) is 0 Å². The number of amides is 2. The van der Waals surface area contributed by atoms with Gasteiger partial charge in [0.05, 0.1) is 33.3 Å². The molecule has 2 atom stereocenters. The van der Waals surface area contributed by atoms with Gasteiger partial charge in [-0.1, -0.05) is 30.3 Å². The fourth-order valence-electron chi connectivity index (χ4n) is 5.22. The molecule has 2 aliphatic heterocycles. The summed E-state index contributed by atoms with van der Waals surface area (Å²) in [5.74, 6) is 1.20. The van der Waals surface area contributed by atoms with Crippen molar-refractivity contribution in [2.75, 3.05) is 27.9 Å². The summed E-state index contributed by atoms with van der Waals surface area (Å²) < 4.78 is 16.4. The lowest BCUT2D eigenvalue weighted by Gasteiger charge is -2.45. The lowest BCUT2D eigenvalue weighted by molar-refractivity contribution is -0.124. The Hall–Kier alpha value is -4.00. The van der Waals surface area contributed by atoms with Crippen molar-refractivity contribution in [3.8, 4) is 17.2 Å². The molecule has 0 bridgehead atoms. The average Bonchev–Trinajstić information content (AvgIpc) is 2.91. The number of hydrogen-bond acceptors (Lipinski definition) is 5. The second-order valence-electron chi connectivity index (χ2n) is 8.73. The highest BCUT2D eigenvalue weighted by Gasteiger charge is 2.46. The zero-order valence-electron chi connectivity index (χ0n) is 20.0. The van der Waals surface area contributed by atoms with Crippen molar-refractivity contribution in [3.63, 3.8) is 0 Å². The smallest absolute Gasteiger partial charge is 0.254 e. The molecule has 35 heavy (non-hydrogen) atoms. The van der Waals surface area contributed by atoms with Gasteiger partial charge in [0.1, 0.15) is 5.75 Å². The lowest BCUT2D eigenvalue weighted by atomic mass is 9.75. The average molecular weight is 473 g/mol. The molecule has 2 aliphatic rings. The zero-order chi connectivity index (χ0) is 24.5. The second kappa shape index (κ2) is 9.33. The van der Waals surface area contributed by atoms with Crippen molar-refractivity contribution in [1.82, 2.24) is 10.2 Å². The van der Waals surface area contributed by atoms with E-state index >= 15 is 0 Å². The maximum absolute atomic E-state index is 13.8. The van der Waals surface area contributed by atoms with E-state index in [9.17, 15) is 9.59 Å². The summed E-state index contributed by atoms with van der Waals surface area (Å²) in [6.45, 7) is 0.883. The molecule has 0 aliphatic carbocycles. The van der Waals surface area contributed by atoms with Crippen LogP contribution in [0, 0.1) is 0 Å². The Kier molecular flexibility index (Phi) is 6.07. The summed E-state index contributed by atoms with van der Waals surface area (Å²) >= 11 is 0. The molecule has 0 unspecified atom stereocenters. The Balaban J connectivity index is 1.56. The molecule has 0 saturated heterocycles. The highest BCUT2D eigenvalue weighted by Crippen LogP contribution is 2.48. The Morgan fingerprint density at radius 3 is 2.49 bits per heavy atom. The zero-order valence-corrected chi connectivity index (χ0v) is 20.0. The fraction of sp³-hybridized carbons (Fsp3) is 0.286. The molecule has 2 heterocycles. The molecule has 2 amide bonds. The monoisotopic (exact) mass is 472 g/mol. The van der Waals surface area contributed by atoms with Crippen molar-refractivity contribution in [1.29, 1.82) is 0 Å². The standard InChI is InChI=1S/C28H28N2O5/c1-33-19-8-6-7-17(13-19)16-29-27(31)25-20-9-4-5-10-21(20)28(32)30-12-11-18-14-23(34-2)24(35-3)15-22(18)26(25)30/h4-10,13-15,25-26H,11-12,16H2,1-3H3,(H,29,31)/t25-,26-/m0/s1. The number of ether oxygens (including phenoxy) is 3. The van der Waals surface area contributed by atoms with Crippen molar-refractivity contribution < 1.29 is 23.8 Å². The van der Waals surface area contributed by atoms with Crippen LogP contribution in [0.25, 0.3) is 0 Å². The van der Waals surface area contributed by atoms with Gasteiger partial charge in [0, 0.05) is 18.7 Å². The first kappa shape index (κ1) is 22.8. The summed E-state index contributed by atoms with van der Waals surface area (Å²) in [6, 6.07) is 18.5. The molecule has 0 saturated carbocycles. The van der Waals surface area contributed by atoms with Gasteiger partial charge in [0.2, 0.25) is 5.91 Å². The molecule has 0 aromatic heterocycles. The third-order valence-electron chi connectivity index (χ3n) is 6.91. The number of carbonyl (C=O) groups is 2. The molecular weight excluding hydrogens is 444 g/mol. The van der Waals surface area contributed by atoms with E-state index in [0.717, 1.165) is 28.0 Å². The van der Waals surface area contributed by atoms with E-state index < -0.39 is 12.0 Å². The summed E-state index contributed by atoms with van der Waals surface area (Å²) in [5.41, 5.74) is 4.23. The van der Waals surface area contributed by atoms with Gasteiger partial charge >= 0.3 is 0 Å². The van der Waals surface area contributed by atoms with Gasteiger partial charge < -0.3 is 24.4 Å². The molecule has 7 nitrogen and oxygen atoms in total. The topological polar surface area (TPSA) is 77.1 Å². The Bertz CT molecular complexity index is 1290. The van der Waals surface area contributed by atoms with Crippen LogP contribution in [0.3, 0.4) is 0 Å². The van der Waals surface area contributed by atoms with Gasteiger partial charge in [-0.05, 0) is 59.0 Å². The van der Waals surface area contributed by atoms with Crippen molar-refractivity contribution in [3.05, 3.63) is 88.5 Å². The lowest BCUT2D eigenvalue weighted by Crippen LogP contribution is -2.50. The van der Waals surface area contributed by atoms with Crippen LogP contribution in [0.5, 0.6) is 17.2 Å². The quantitative estimate of drug-likeness (QED) is 0.590. The minimum atomic E-state index is -0.563. The Morgan fingerprint density at radius 2 is 1.71 bits per heavy atom. The Labute approximate surface area is 204 Å². The van der Waals surface area contributed by atoms with Crippen LogP contribution in [-0.2, 0) is 17.8 Å². The highest BCUT2D eigenvalue weighted by molar-refractivity contribution is 6.01. The maximum Gasteiger partial charge on any atom is 0.254 e. The number of nitrogens with zero attached hydrogens (tertiary/aromatic N) is 1. The van der Waals surface area contributed by atoms with E-state index in [2.05, 4.69) is 5.32 Å². The van der Waals surface area contributed by atoms with E-state index in [1.807, 2.05) is 59.5 Å².